The molecule has 0 saturated heterocycles. The second kappa shape index (κ2) is 8.93. The summed E-state index contributed by atoms with van der Waals surface area (Å²) in [7, 11) is 0. The highest BCUT2D eigenvalue weighted by molar-refractivity contribution is 6.29. The molecule has 0 atom stereocenters. The maximum Gasteiger partial charge on any atom is 0.407 e. The quantitative estimate of drug-likeness (QED) is 0.425. The first-order valence-corrected chi connectivity index (χ1v) is 9.97. The molecule has 0 saturated carbocycles. The van der Waals surface area contributed by atoms with Gasteiger partial charge in [0.15, 0.2) is 0 Å². The van der Waals surface area contributed by atoms with Crippen LogP contribution in [0.4, 0.5) is 4.79 Å². The molecule has 4 nitrogen and oxygen atoms in total. The fraction of sp³-hybridized carbons (Fsp3) is 0.167. The number of carbonyl (C=O) groups excluding carboxylic acids is 1. The van der Waals surface area contributed by atoms with Crippen molar-refractivity contribution in [3.05, 3.63) is 94.8 Å². The number of alkyl carbamates (subject to hydrolysis) is 1. The van der Waals surface area contributed by atoms with E-state index in [2.05, 4.69) is 34.6 Å². The van der Waals surface area contributed by atoms with Crippen LogP contribution in [0.2, 0.25) is 5.15 Å². The number of ether oxygens (including phenoxy) is 1. The maximum absolute atomic E-state index is 12.1. The molecule has 3 aromatic rings. The lowest BCUT2D eigenvalue weighted by Gasteiger charge is -2.14. The van der Waals surface area contributed by atoms with Gasteiger partial charge in [0.1, 0.15) is 11.8 Å². The number of nitrogens with zero attached hydrogens (tertiary/aromatic N) is 1. The van der Waals surface area contributed by atoms with Crippen molar-refractivity contribution < 1.29 is 9.53 Å². The second-order valence-electron chi connectivity index (χ2n) is 6.86. The molecular formula is C24H21ClN2O2. The van der Waals surface area contributed by atoms with Crippen LogP contribution in [0.25, 0.3) is 17.2 Å². The molecule has 1 aliphatic carbocycles. The van der Waals surface area contributed by atoms with Crippen molar-refractivity contribution in [2.75, 3.05) is 13.2 Å². The molecule has 1 aromatic heterocycles. The van der Waals surface area contributed by atoms with E-state index in [1.165, 1.54) is 22.3 Å². The number of fused-ring (bicyclic) bond motifs is 3. The number of carbonyl (C=O) groups is 1. The minimum atomic E-state index is -0.395. The van der Waals surface area contributed by atoms with Crippen LogP contribution in [0, 0.1) is 0 Å². The molecular weight excluding hydrogens is 384 g/mol. The van der Waals surface area contributed by atoms with Gasteiger partial charge in [-0.1, -0.05) is 78.4 Å². The van der Waals surface area contributed by atoms with Crippen molar-refractivity contribution in [2.45, 2.75) is 12.3 Å². The average Bonchev–Trinajstić information content (AvgIpc) is 3.07. The summed E-state index contributed by atoms with van der Waals surface area (Å²) in [5.74, 6) is 0.0745. The van der Waals surface area contributed by atoms with Crippen molar-refractivity contribution >= 4 is 23.8 Å². The van der Waals surface area contributed by atoms with Gasteiger partial charge in [0.25, 0.3) is 0 Å². The Morgan fingerprint density at radius 2 is 1.72 bits per heavy atom. The monoisotopic (exact) mass is 404 g/mol. The first kappa shape index (κ1) is 19.2. The molecule has 0 unspecified atom stereocenters. The van der Waals surface area contributed by atoms with E-state index in [0.717, 1.165) is 5.56 Å². The molecule has 2 aromatic carbocycles. The van der Waals surface area contributed by atoms with Crippen molar-refractivity contribution in [3.8, 4) is 11.1 Å². The van der Waals surface area contributed by atoms with E-state index in [1.54, 1.807) is 12.3 Å². The Bertz CT molecular complexity index is 986. The Morgan fingerprint density at radius 3 is 2.38 bits per heavy atom. The number of rotatable bonds is 6. The van der Waals surface area contributed by atoms with Gasteiger partial charge >= 0.3 is 6.09 Å². The standard InChI is InChI=1S/C24H21ClN2O2/c25-23-13-12-17(15-27-23)7-5-6-14-26-24(28)29-16-22-20-10-3-1-8-18(20)19-9-2-4-11-21(19)22/h1-5,7-13,15,22H,6,14,16H2,(H,26,28). The molecule has 0 aliphatic heterocycles. The SMILES string of the molecule is O=C(NCCC=Cc1ccc(Cl)nc1)OCC1c2ccccc2-c2ccccc21. The zero-order valence-electron chi connectivity index (χ0n) is 15.8. The number of halogens is 1. The zero-order chi connectivity index (χ0) is 20.1. The highest BCUT2D eigenvalue weighted by Gasteiger charge is 2.28. The highest BCUT2D eigenvalue weighted by Crippen LogP contribution is 2.44. The summed E-state index contributed by atoms with van der Waals surface area (Å²) in [4.78, 5) is 16.1. The van der Waals surface area contributed by atoms with Crippen molar-refractivity contribution in [1.82, 2.24) is 10.3 Å². The van der Waals surface area contributed by atoms with Gasteiger partial charge in [-0.2, -0.15) is 0 Å². The van der Waals surface area contributed by atoms with Gasteiger partial charge in [-0.3, -0.25) is 0 Å². The van der Waals surface area contributed by atoms with E-state index >= 15 is 0 Å². The molecule has 5 heteroatoms. The zero-order valence-corrected chi connectivity index (χ0v) is 16.6. The molecule has 1 N–H and O–H groups in total. The van der Waals surface area contributed by atoms with E-state index in [-0.39, 0.29) is 5.92 Å². The molecule has 0 bridgehead atoms. The Morgan fingerprint density at radius 1 is 1.03 bits per heavy atom. The topological polar surface area (TPSA) is 51.2 Å². The van der Waals surface area contributed by atoms with Gasteiger partial charge in [0.2, 0.25) is 0 Å². The number of pyridine rings is 1. The van der Waals surface area contributed by atoms with E-state index in [1.807, 2.05) is 42.5 Å². The number of nitrogens with one attached hydrogen (secondary N) is 1. The Hall–Kier alpha value is -3.11. The van der Waals surface area contributed by atoms with E-state index < -0.39 is 6.09 Å². The van der Waals surface area contributed by atoms with Crippen LogP contribution in [0.3, 0.4) is 0 Å². The van der Waals surface area contributed by atoms with E-state index in [0.29, 0.717) is 24.7 Å². The Labute approximate surface area is 175 Å². The number of amides is 1. The third-order valence-corrected chi connectivity index (χ3v) is 5.21. The third kappa shape index (κ3) is 4.49. The summed E-state index contributed by atoms with van der Waals surface area (Å²) in [6.45, 7) is 0.834. The van der Waals surface area contributed by atoms with Crippen LogP contribution in [-0.2, 0) is 4.74 Å². The van der Waals surface area contributed by atoms with Gasteiger partial charge < -0.3 is 10.1 Å². The molecule has 0 radical (unpaired) electrons. The number of benzene rings is 2. The van der Waals surface area contributed by atoms with Crippen molar-refractivity contribution in [2.24, 2.45) is 0 Å². The molecule has 1 heterocycles. The highest BCUT2D eigenvalue weighted by atomic mass is 35.5. The smallest absolute Gasteiger partial charge is 0.407 e. The van der Waals surface area contributed by atoms with Crippen LogP contribution in [0.15, 0.2) is 72.9 Å². The summed E-state index contributed by atoms with van der Waals surface area (Å²) in [5, 5.41) is 3.27. The molecule has 1 aliphatic rings. The largest absolute Gasteiger partial charge is 0.449 e. The lowest BCUT2D eigenvalue weighted by Crippen LogP contribution is -2.26. The molecule has 1 amide bonds. The van der Waals surface area contributed by atoms with Gasteiger partial charge in [0, 0.05) is 18.7 Å². The minimum absolute atomic E-state index is 0.0745. The first-order valence-electron chi connectivity index (χ1n) is 9.59. The minimum Gasteiger partial charge on any atom is -0.449 e. The molecule has 29 heavy (non-hydrogen) atoms. The van der Waals surface area contributed by atoms with Crippen LogP contribution >= 0.6 is 11.6 Å². The maximum atomic E-state index is 12.1. The fourth-order valence-electron chi connectivity index (χ4n) is 3.61. The lowest BCUT2D eigenvalue weighted by atomic mass is 9.98. The predicted molar refractivity (Wildman–Crippen MR) is 116 cm³/mol. The lowest BCUT2D eigenvalue weighted by molar-refractivity contribution is 0.143. The summed E-state index contributed by atoms with van der Waals surface area (Å²) in [6.07, 6.45) is 5.94. The normalized spacial score (nSPS) is 12.6. The number of hydrogen-bond donors (Lipinski definition) is 1. The van der Waals surface area contributed by atoms with E-state index in [9.17, 15) is 4.79 Å². The Balaban J connectivity index is 1.27. The third-order valence-electron chi connectivity index (χ3n) is 4.98. The van der Waals surface area contributed by atoms with Gasteiger partial charge in [-0.15, -0.1) is 0 Å². The Kier molecular flexibility index (Phi) is 5.92. The summed E-state index contributed by atoms with van der Waals surface area (Å²) in [6, 6.07) is 20.2. The first-order chi connectivity index (χ1) is 14.2. The van der Waals surface area contributed by atoms with Crippen molar-refractivity contribution in [3.63, 3.8) is 0 Å². The molecule has 4 rings (SSSR count). The second-order valence-corrected chi connectivity index (χ2v) is 7.24. The number of aromatic nitrogens is 1. The summed E-state index contributed by atoms with van der Waals surface area (Å²) in [5.41, 5.74) is 5.83. The van der Waals surface area contributed by atoms with E-state index in [4.69, 9.17) is 16.3 Å². The fourth-order valence-corrected chi connectivity index (χ4v) is 3.72. The van der Waals surface area contributed by atoms with Gasteiger partial charge in [-0.25, -0.2) is 9.78 Å². The predicted octanol–water partition coefficient (Wildman–Crippen LogP) is 5.68. The van der Waals surface area contributed by atoms with Crippen LogP contribution in [-0.4, -0.2) is 24.2 Å². The molecule has 0 fully saturated rings. The van der Waals surface area contributed by atoms with Crippen molar-refractivity contribution in [1.29, 1.82) is 0 Å². The molecule has 0 spiro atoms. The van der Waals surface area contributed by atoms with Crippen LogP contribution < -0.4 is 5.32 Å². The molecule has 146 valence electrons. The summed E-state index contributed by atoms with van der Waals surface area (Å²) < 4.78 is 5.52. The number of hydrogen-bond acceptors (Lipinski definition) is 3. The van der Waals surface area contributed by atoms with Crippen LogP contribution in [0.5, 0.6) is 0 Å². The van der Waals surface area contributed by atoms with Gasteiger partial charge in [-0.05, 0) is 40.3 Å². The average molecular weight is 405 g/mol. The summed E-state index contributed by atoms with van der Waals surface area (Å²) >= 11 is 5.77. The van der Waals surface area contributed by atoms with Crippen LogP contribution in [0.1, 0.15) is 29.0 Å². The van der Waals surface area contributed by atoms with Gasteiger partial charge in [0.05, 0.1) is 0 Å².